The topological polar surface area (TPSA) is 44.1 Å². The maximum atomic E-state index is 11.1. The number of hydrogen-bond acceptors (Lipinski definition) is 2. The van der Waals surface area contributed by atoms with Crippen LogP contribution in [0.25, 0.3) is 0 Å². The first kappa shape index (κ1) is 8.09. The van der Waals surface area contributed by atoms with Gasteiger partial charge in [-0.05, 0) is 13.3 Å². The molecule has 1 aliphatic rings. The molecule has 4 heteroatoms. The molecule has 1 atom stereocenters. The van der Waals surface area contributed by atoms with Crippen LogP contribution in [0, 0.1) is 11.3 Å². The van der Waals surface area contributed by atoms with Gasteiger partial charge in [0.25, 0.3) is 5.91 Å². The molecule has 0 aromatic rings. The number of carbonyl (C=O) groups is 1. The number of amides is 1. The van der Waals surface area contributed by atoms with Gasteiger partial charge in [-0.3, -0.25) is 4.79 Å². The van der Waals surface area contributed by atoms with Crippen LogP contribution in [-0.4, -0.2) is 16.4 Å². The lowest BCUT2D eigenvalue weighted by Gasteiger charge is -2.23. The van der Waals surface area contributed by atoms with E-state index in [-0.39, 0.29) is 11.6 Å². The van der Waals surface area contributed by atoms with Crippen LogP contribution in [0.4, 0.5) is 0 Å². The van der Waals surface area contributed by atoms with Gasteiger partial charge in [-0.2, -0.15) is 5.26 Å². The number of nitriles is 1. The summed E-state index contributed by atoms with van der Waals surface area (Å²) in [6.45, 7) is 1.83. The molecule has 0 saturated heterocycles. The molecule has 0 saturated carbocycles. The second-order valence-corrected chi connectivity index (χ2v) is 2.79. The van der Waals surface area contributed by atoms with Crippen molar-refractivity contribution in [1.82, 2.24) is 4.42 Å². The molecule has 0 bridgehead atoms. The summed E-state index contributed by atoms with van der Waals surface area (Å²) in [5.74, 6) is -0.395. The number of carbonyl (C=O) groups excluding carboxylic acids is 1. The van der Waals surface area contributed by atoms with Crippen molar-refractivity contribution in [2.45, 2.75) is 19.4 Å². The molecule has 11 heavy (non-hydrogen) atoms. The van der Waals surface area contributed by atoms with Crippen molar-refractivity contribution < 1.29 is 4.79 Å². The summed E-state index contributed by atoms with van der Waals surface area (Å²) in [5.41, 5.74) is 0.137. The summed E-state index contributed by atoms with van der Waals surface area (Å²) in [7, 11) is 0. The van der Waals surface area contributed by atoms with Crippen molar-refractivity contribution in [3.63, 3.8) is 0 Å². The molecule has 0 aromatic carbocycles. The van der Waals surface area contributed by atoms with Gasteiger partial charge in [0.2, 0.25) is 0 Å². The quantitative estimate of drug-likeness (QED) is 0.513. The van der Waals surface area contributed by atoms with E-state index in [1.165, 1.54) is 0 Å². The average Bonchev–Trinajstić information content (AvgIpc) is 2.01. The van der Waals surface area contributed by atoms with Crippen LogP contribution in [0.2, 0.25) is 0 Å². The summed E-state index contributed by atoms with van der Waals surface area (Å²) < 4.78 is 1.07. The molecule has 0 aromatic heterocycles. The van der Waals surface area contributed by atoms with Crippen LogP contribution in [0.5, 0.6) is 0 Å². The van der Waals surface area contributed by atoms with Crippen LogP contribution in [0.3, 0.4) is 0 Å². The summed E-state index contributed by atoms with van der Waals surface area (Å²) in [5, 5.41) is 8.44. The van der Waals surface area contributed by atoms with Gasteiger partial charge >= 0.3 is 0 Å². The highest BCUT2D eigenvalue weighted by molar-refractivity contribution is 6.25. The van der Waals surface area contributed by atoms with E-state index >= 15 is 0 Å². The molecule has 0 aliphatic carbocycles. The average molecular weight is 171 g/mol. The van der Waals surface area contributed by atoms with Crippen molar-refractivity contribution in [3.8, 4) is 6.07 Å². The molecule has 1 aliphatic heterocycles. The molecule has 58 valence electrons. The summed E-state index contributed by atoms with van der Waals surface area (Å²) >= 11 is 5.58. The Morgan fingerprint density at radius 3 is 3.09 bits per heavy atom. The molecular formula is C7H7ClN2O. The van der Waals surface area contributed by atoms with E-state index in [0.29, 0.717) is 6.42 Å². The van der Waals surface area contributed by atoms with Crippen LogP contribution in [0.1, 0.15) is 13.3 Å². The maximum Gasteiger partial charge on any atom is 0.278 e. The predicted molar refractivity (Wildman–Crippen MR) is 40.5 cm³/mol. The van der Waals surface area contributed by atoms with Gasteiger partial charge in [-0.15, -0.1) is 0 Å². The van der Waals surface area contributed by atoms with Crippen molar-refractivity contribution >= 4 is 17.7 Å². The highest BCUT2D eigenvalue weighted by atomic mass is 35.5. The molecule has 0 N–H and O–H groups in total. The molecule has 1 heterocycles. The van der Waals surface area contributed by atoms with E-state index in [1.54, 1.807) is 12.1 Å². The Morgan fingerprint density at radius 1 is 1.91 bits per heavy atom. The Kier molecular flexibility index (Phi) is 2.16. The zero-order chi connectivity index (χ0) is 8.43. The minimum absolute atomic E-state index is 0.0127. The predicted octanol–water partition coefficient (Wildman–Crippen LogP) is 1.21. The standard InChI is InChI=1S/C7H7ClN2O/c1-5-2-3-6(4-9)7(11)10(5)8/h3,5H,2H2,1H3. The molecule has 1 amide bonds. The fraction of sp³-hybridized carbons (Fsp3) is 0.429. The van der Waals surface area contributed by atoms with Gasteiger partial charge in [0.1, 0.15) is 11.6 Å². The first-order chi connectivity index (χ1) is 5.16. The van der Waals surface area contributed by atoms with Crippen molar-refractivity contribution in [2.75, 3.05) is 0 Å². The minimum atomic E-state index is -0.395. The Bertz CT molecular complexity index is 254. The van der Waals surface area contributed by atoms with Crippen LogP contribution < -0.4 is 0 Å². The van der Waals surface area contributed by atoms with Crippen LogP contribution in [0.15, 0.2) is 11.6 Å². The van der Waals surface area contributed by atoms with E-state index < -0.39 is 5.91 Å². The third-order valence-corrected chi connectivity index (χ3v) is 2.08. The Labute approximate surface area is 70.0 Å². The van der Waals surface area contributed by atoms with Gasteiger partial charge in [-0.1, -0.05) is 6.08 Å². The summed E-state index contributed by atoms with van der Waals surface area (Å²) in [6, 6.07) is 1.78. The third-order valence-electron chi connectivity index (χ3n) is 1.59. The normalized spacial score (nSPS) is 24.5. The zero-order valence-electron chi connectivity index (χ0n) is 6.04. The van der Waals surface area contributed by atoms with E-state index in [9.17, 15) is 4.79 Å². The summed E-state index contributed by atoms with van der Waals surface area (Å²) in [6.07, 6.45) is 2.27. The summed E-state index contributed by atoms with van der Waals surface area (Å²) in [4.78, 5) is 11.1. The largest absolute Gasteiger partial charge is 0.278 e. The molecule has 1 rings (SSSR count). The SMILES string of the molecule is CC1CC=C(C#N)C(=O)N1Cl. The van der Waals surface area contributed by atoms with E-state index in [0.717, 1.165) is 4.42 Å². The van der Waals surface area contributed by atoms with E-state index in [1.807, 2.05) is 6.92 Å². The molecule has 3 nitrogen and oxygen atoms in total. The van der Waals surface area contributed by atoms with Gasteiger partial charge < -0.3 is 0 Å². The first-order valence-electron chi connectivity index (χ1n) is 3.26. The van der Waals surface area contributed by atoms with Crippen molar-refractivity contribution in [1.29, 1.82) is 5.26 Å². The first-order valence-corrected chi connectivity index (χ1v) is 3.60. The Morgan fingerprint density at radius 2 is 2.55 bits per heavy atom. The fourth-order valence-corrected chi connectivity index (χ4v) is 1.05. The van der Waals surface area contributed by atoms with Gasteiger partial charge in [0, 0.05) is 17.8 Å². The maximum absolute atomic E-state index is 11.1. The molecule has 1 unspecified atom stereocenters. The smallest absolute Gasteiger partial charge is 0.267 e. The second-order valence-electron chi connectivity index (χ2n) is 2.43. The minimum Gasteiger partial charge on any atom is -0.267 e. The van der Waals surface area contributed by atoms with Crippen LogP contribution in [-0.2, 0) is 4.79 Å². The number of nitrogens with zero attached hydrogens (tertiary/aromatic N) is 2. The zero-order valence-corrected chi connectivity index (χ0v) is 6.80. The van der Waals surface area contributed by atoms with Gasteiger partial charge in [0.15, 0.2) is 0 Å². The van der Waals surface area contributed by atoms with E-state index in [2.05, 4.69) is 0 Å². The van der Waals surface area contributed by atoms with Gasteiger partial charge in [0.05, 0.1) is 0 Å². The van der Waals surface area contributed by atoms with Crippen molar-refractivity contribution in [2.24, 2.45) is 0 Å². The third kappa shape index (κ3) is 1.36. The molecule has 0 radical (unpaired) electrons. The highest BCUT2D eigenvalue weighted by Crippen LogP contribution is 2.18. The Hall–Kier alpha value is -1.01. The second kappa shape index (κ2) is 2.93. The lowest BCUT2D eigenvalue weighted by Crippen LogP contribution is -2.34. The highest BCUT2D eigenvalue weighted by Gasteiger charge is 2.25. The van der Waals surface area contributed by atoms with Crippen LogP contribution >= 0.6 is 11.8 Å². The molecule has 0 fully saturated rings. The number of rotatable bonds is 0. The lowest BCUT2D eigenvalue weighted by molar-refractivity contribution is -0.124. The molecule has 0 spiro atoms. The lowest BCUT2D eigenvalue weighted by atomic mass is 10.1. The Balaban J connectivity index is 2.90. The number of halogens is 1. The number of hydrogen-bond donors (Lipinski definition) is 0. The van der Waals surface area contributed by atoms with Crippen molar-refractivity contribution in [3.05, 3.63) is 11.6 Å². The van der Waals surface area contributed by atoms with E-state index in [4.69, 9.17) is 17.0 Å². The monoisotopic (exact) mass is 170 g/mol. The van der Waals surface area contributed by atoms with Gasteiger partial charge in [-0.25, -0.2) is 4.42 Å². The fourth-order valence-electron chi connectivity index (χ4n) is 0.877. The molecular weight excluding hydrogens is 164 g/mol.